The predicted molar refractivity (Wildman–Crippen MR) is 417 cm³/mol. The summed E-state index contributed by atoms with van der Waals surface area (Å²) in [7, 11) is 8.91. The van der Waals surface area contributed by atoms with Crippen LogP contribution in [0.25, 0.3) is 44.7 Å². The average molecular weight is 1620 g/mol. The second-order valence-electron chi connectivity index (χ2n) is 32.8. The van der Waals surface area contributed by atoms with Crippen molar-refractivity contribution in [2.75, 3.05) is 47.5 Å². The van der Waals surface area contributed by atoms with E-state index in [1.54, 1.807) is 123 Å². The van der Waals surface area contributed by atoms with Gasteiger partial charge in [-0.3, -0.25) is 24.0 Å². The van der Waals surface area contributed by atoms with Crippen molar-refractivity contribution in [1.82, 2.24) is 56.2 Å². The fourth-order valence-electron chi connectivity index (χ4n) is 12.4. The van der Waals surface area contributed by atoms with Crippen LogP contribution in [0.5, 0.6) is 5.75 Å². The molecule has 4 aliphatic heterocycles. The van der Waals surface area contributed by atoms with Crippen LogP contribution in [0.15, 0.2) is 81.8 Å². The number of carbonyl (C=O) groups excluding carboxylic acids is 9. The van der Waals surface area contributed by atoms with Crippen molar-refractivity contribution >= 4 is 101 Å². The average Bonchev–Trinajstić information content (AvgIpc) is 1.65. The zero-order valence-corrected chi connectivity index (χ0v) is 69.9. The first-order valence-electron chi connectivity index (χ1n) is 36.6. The molecule has 34 nitrogen and oxygen atoms in total. The van der Waals surface area contributed by atoms with E-state index in [-0.39, 0.29) is 75.2 Å². The number of hydrogen-bond donors (Lipinski definition) is 8. The Labute approximate surface area is 686 Å². The molecule has 0 unspecified atom stereocenters. The molecule has 4 saturated heterocycles. The number of aliphatic carboxylic acids is 1. The number of methoxy groups -OCH3 is 3. The number of hydrogen-bond acceptors (Lipinski definition) is 27. The molecule has 6 aromatic rings. The SMILES string of the molecule is COC(=O)[C@@H]1C[C@@H](O)CN1.COC(=O)[C@@H]1C[C@@H](O)CN1C(=O)[C@@H](NC(=O)OC(C)(C)C)C(C)(C)C.Cc1noc2c(Cl)cc(-c3ccccc3)nc12.Cc1noc2c(O[C@@H]3C[C@@H](C(=O)O)N(C(=O)[C@@H](NC(=O)OC(C)(C)C)C(C)(C)C)C3)cc(-c3ccccc3)nc12.[B]C(=O)N[C@H](C(=O)N1C[C@H](O)C[C@H]1C(=O)OC)C(C)(C)C.[Li+].[OH-]. The molecule has 2 aromatic carbocycles. The number of ether oxygens (including phenoxy) is 6. The van der Waals surface area contributed by atoms with Crippen LogP contribution in [0.3, 0.4) is 0 Å². The number of esters is 3. The number of nitrogens with zero attached hydrogens (tertiary/aromatic N) is 7. The molecule has 0 bridgehead atoms. The Morgan fingerprint density at radius 3 is 1.29 bits per heavy atom. The Balaban J connectivity index is 0.000000322. The number of carboxylic acids is 1. The van der Waals surface area contributed by atoms with Crippen LogP contribution in [-0.2, 0) is 57.2 Å². The summed E-state index contributed by atoms with van der Waals surface area (Å²) in [6.07, 6.45) is -3.40. The third-order valence-electron chi connectivity index (χ3n) is 18.0. The van der Waals surface area contributed by atoms with Gasteiger partial charge in [0.05, 0.1) is 62.6 Å². The zero-order chi connectivity index (χ0) is 84.7. The van der Waals surface area contributed by atoms with E-state index >= 15 is 0 Å². The quantitative estimate of drug-likeness (QED) is 0.0419. The van der Waals surface area contributed by atoms with Gasteiger partial charge in [-0.2, -0.15) is 0 Å². The molecule has 0 saturated carbocycles. The molecule has 6 amide bonds. The number of amides is 6. The summed E-state index contributed by atoms with van der Waals surface area (Å²) in [5.74, 6) is -4.55. The number of benzene rings is 2. The minimum Gasteiger partial charge on any atom is -0.870 e. The number of aliphatic hydroxyl groups excluding tert-OH is 3. The molecule has 115 heavy (non-hydrogen) atoms. The van der Waals surface area contributed by atoms with E-state index in [1.807, 2.05) is 67.6 Å². The number of nitrogens with one attached hydrogen (secondary N) is 4. The van der Waals surface area contributed by atoms with E-state index in [1.165, 1.54) is 36.0 Å². The number of carbonyl (C=O) groups is 10. The van der Waals surface area contributed by atoms with Gasteiger partial charge in [0, 0.05) is 62.5 Å². The Morgan fingerprint density at radius 2 is 0.922 bits per heavy atom. The summed E-state index contributed by atoms with van der Waals surface area (Å²) in [6.45, 7) is 30.6. The number of rotatable bonds is 14. The number of halogens is 1. The van der Waals surface area contributed by atoms with Crippen LogP contribution in [0.2, 0.25) is 5.02 Å². The molecular formula is C78H108BClLiN11O23. The molecule has 4 aliphatic rings. The van der Waals surface area contributed by atoms with Crippen LogP contribution < -0.4 is 44.9 Å². The standard InChI is InChI=1S/C29H36N4O7.C17H30N2O6.C13H21BN2O5.C13H9ClN2O.C6H11NO3.Li.H2O/c1-16-22-23(40-32-16)21(14-19(30-22)17-11-9-8-10-12-17)38-18-13-20(26(35)36)33(15-18)25(34)24(28(2,3)4)31-27(37)39-29(5,6)7;1-16(2,3)12(18-15(23)25-17(4,5)6)13(21)19-9-10(20)8-11(19)14(22)24-7;1-13(2,3)9(15-12(14)20)10(18)16-6-7(17)5-8(16)11(19)21-4;1-8-12-13(17-16-8)10(14)7-11(15-12)9-5-3-2-4-6-9;1-10-6(9)5-2-4(8)3-7-5;;/h8-12,14,18,20,24H,13,15H2,1-7H3,(H,31,37)(H,35,36);10-12,20H,8-9H2,1-7H3,(H,18,23);7-9,17H,5-6H2,1-4H3,(H,15,20);2-7H,1H3;4-5,7-8H,2-3H2,1H3;;1H2/q;;;;;+1;/p-1/t18-,20+,24-;10-,11+,12-;7-,8+,9-;;4-,5+;;/m111.1../s1. The van der Waals surface area contributed by atoms with Crippen molar-refractivity contribution < 1.29 is 130 Å². The molecule has 0 aliphatic carbocycles. The normalized spacial score (nSPS) is 20.0. The molecule has 9 N–H and O–H groups in total. The van der Waals surface area contributed by atoms with E-state index in [9.17, 15) is 63.3 Å². The first-order chi connectivity index (χ1) is 52.5. The van der Waals surface area contributed by atoms with Crippen molar-refractivity contribution in [3.05, 3.63) is 89.2 Å². The van der Waals surface area contributed by atoms with Crippen LogP contribution in [0.4, 0.5) is 14.4 Å². The summed E-state index contributed by atoms with van der Waals surface area (Å²) in [6, 6.07) is 16.9. The van der Waals surface area contributed by atoms with Crippen molar-refractivity contribution in [2.24, 2.45) is 16.2 Å². The van der Waals surface area contributed by atoms with Crippen LogP contribution in [-0.4, -0.2) is 254 Å². The summed E-state index contributed by atoms with van der Waals surface area (Å²) in [5, 5.41) is 57.5. The first kappa shape index (κ1) is 97.9. The van der Waals surface area contributed by atoms with Gasteiger partial charge < -0.3 is 99.3 Å². The van der Waals surface area contributed by atoms with Crippen LogP contribution in [0.1, 0.15) is 141 Å². The fraction of sp³-hybridized carbons (Fsp3) is 0.564. The van der Waals surface area contributed by atoms with Gasteiger partial charge in [0.25, 0.3) is 0 Å². The van der Waals surface area contributed by atoms with Crippen molar-refractivity contribution in [1.29, 1.82) is 0 Å². The largest absolute Gasteiger partial charge is 1.00 e. The maximum absolute atomic E-state index is 13.8. The van der Waals surface area contributed by atoms with Gasteiger partial charge in [-0.1, -0.05) is 145 Å². The Bertz CT molecular complexity index is 4330. The predicted octanol–water partition coefficient (Wildman–Crippen LogP) is 4.61. The number of fused-ring (bicyclic) bond motifs is 2. The topological polar surface area (TPSA) is 473 Å². The zero-order valence-electron chi connectivity index (χ0n) is 69.1. The van der Waals surface area contributed by atoms with Crippen molar-refractivity contribution in [2.45, 2.75) is 221 Å². The maximum atomic E-state index is 13.8. The second-order valence-corrected chi connectivity index (χ2v) is 33.3. The second kappa shape index (κ2) is 41.4. The molecule has 8 heterocycles. The Kier molecular flexibility index (Phi) is 35.2. The molecule has 4 fully saturated rings. The van der Waals surface area contributed by atoms with E-state index in [0.717, 1.165) is 28.0 Å². The molecule has 2 radical (unpaired) electrons. The summed E-state index contributed by atoms with van der Waals surface area (Å²) in [4.78, 5) is 135. The number of aromatic nitrogens is 4. The van der Waals surface area contributed by atoms with E-state index in [4.69, 9.17) is 52.5 Å². The van der Waals surface area contributed by atoms with Gasteiger partial charge in [0.15, 0.2) is 11.6 Å². The monoisotopic (exact) mass is 1620 g/mol. The third-order valence-corrected chi connectivity index (χ3v) is 18.3. The number of likely N-dealkylation sites (tertiary alicyclic amines) is 3. The van der Waals surface area contributed by atoms with Crippen molar-refractivity contribution in [3.63, 3.8) is 0 Å². The summed E-state index contributed by atoms with van der Waals surface area (Å²) in [5.41, 5.74) is 3.42. The number of aliphatic hydroxyl groups is 3. The number of alkyl carbamates (subject to hydrolysis) is 2. The van der Waals surface area contributed by atoms with Crippen LogP contribution >= 0.6 is 11.6 Å². The molecule has 0 spiro atoms. The molecule has 10 rings (SSSR count). The molecule has 4 aromatic heterocycles. The third kappa shape index (κ3) is 27.6. The molecule has 624 valence electrons. The number of carboxylic acid groups (broad SMARTS) is 1. The molecular weight excluding hydrogens is 1510 g/mol. The number of aryl methyl sites for hydroxylation is 2. The van der Waals surface area contributed by atoms with Crippen LogP contribution in [0, 0.1) is 30.1 Å². The van der Waals surface area contributed by atoms with E-state index in [2.05, 4.69) is 51.0 Å². The minimum absolute atomic E-state index is 0. The van der Waals surface area contributed by atoms with E-state index < -0.39 is 142 Å². The summed E-state index contributed by atoms with van der Waals surface area (Å²) < 4.78 is 41.4. The van der Waals surface area contributed by atoms with Gasteiger partial charge in [-0.15, -0.1) is 0 Å². The Morgan fingerprint density at radius 1 is 0.539 bits per heavy atom. The Hall–Kier alpha value is -9.47. The van der Waals surface area contributed by atoms with Gasteiger partial charge >= 0.3 is 54.9 Å². The molecule has 11 atom stereocenters. The van der Waals surface area contributed by atoms with Gasteiger partial charge in [-0.05, 0) is 77.7 Å². The molecule has 37 heteroatoms. The first-order valence-corrected chi connectivity index (χ1v) is 37.0. The summed E-state index contributed by atoms with van der Waals surface area (Å²) >= 11 is 6.15. The number of pyridine rings is 2. The van der Waals surface area contributed by atoms with Gasteiger partial charge in [0.1, 0.15) is 82.0 Å². The van der Waals surface area contributed by atoms with Gasteiger partial charge in [-0.25, -0.2) is 33.9 Å². The fourth-order valence-corrected chi connectivity index (χ4v) is 12.7. The van der Waals surface area contributed by atoms with Gasteiger partial charge in [0.2, 0.25) is 36.7 Å². The maximum Gasteiger partial charge on any atom is 1.00 e. The smallest absolute Gasteiger partial charge is 0.870 e. The minimum atomic E-state index is -1.16. The number of β-amino-alcohol motifs (C(OH)–C–C–N with tert-alkyl or cyclic N) is 3. The van der Waals surface area contributed by atoms with Crippen molar-refractivity contribution in [3.8, 4) is 28.3 Å². The van der Waals surface area contributed by atoms with E-state index in [0.29, 0.717) is 51.8 Å².